The maximum absolute atomic E-state index is 12.1. The van der Waals surface area contributed by atoms with Crippen LogP contribution in [0, 0.1) is 0 Å². The van der Waals surface area contributed by atoms with Gasteiger partial charge in [0.25, 0.3) is 5.76 Å². The summed E-state index contributed by atoms with van der Waals surface area (Å²) in [6.45, 7) is 2.87. The Labute approximate surface area is 103 Å². The molecule has 0 aliphatic heterocycles. The number of anilines is 1. The highest BCUT2D eigenvalue weighted by molar-refractivity contribution is 7.99. The average molecular weight is 260 g/mol. The number of thioether (sulfide) groups is 1. The fourth-order valence-corrected chi connectivity index (χ4v) is 1.66. The molecule has 0 atom stereocenters. The molecule has 0 radical (unpaired) electrons. The van der Waals surface area contributed by atoms with Gasteiger partial charge < -0.3 is 10.6 Å². The standard InChI is InChI=1S/C11H14F2N2OS/c1-2-14-7-10(16)15-8-3-5-9(6-4-8)17-11(12)13/h3-6,11,14H,2,7H2,1H3,(H,15,16). The van der Waals surface area contributed by atoms with Gasteiger partial charge >= 0.3 is 0 Å². The van der Waals surface area contributed by atoms with E-state index < -0.39 is 5.76 Å². The summed E-state index contributed by atoms with van der Waals surface area (Å²) >= 11 is 0.482. The van der Waals surface area contributed by atoms with E-state index in [2.05, 4.69) is 10.6 Å². The van der Waals surface area contributed by atoms with Crippen molar-refractivity contribution in [1.82, 2.24) is 5.32 Å². The topological polar surface area (TPSA) is 41.1 Å². The Bertz CT molecular complexity index is 357. The van der Waals surface area contributed by atoms with Crippen LogP contribution in [0.1, 0.15) is 6.92 Å². The maximum Gasteiger partial charge on any atom is 0.288 e. The Morgan fingerprint density at radius 1 is 1.35 bits per heavy atom. The number of hydrogen-bond donors (Lipinski definition) is 2. The van der Waals surface area contributed by atoms with E-state index in [-0.39, 0.29) is 12.5 Å². The first kappa shape index (κ1) is 13.9. The van der Waals surface area contributed by atoms with Crippen molar-refractivity contribution in [3.63, 3.8) is 0 Å². The lowest BCUT2D eigenvalue weighted by Crippen LogP contribution is -2.27. The van der Waals surface area contributed by atoms with Gasteiger partial charge in [0.2, 0.25) is 5.91 Å². The SMILES string of the molecule is CCNCC(=O)Nc1ccc(SC(F)F)cc1. The first-order valence-electron chi connectivity index (χ1n) is 5.17. The molecule has 1 aromatic rings. The van der Waals surface area contributed by atoms with Gasteiger partial charge in [-0.15, -0.1) is 0 Å². The van der Waals surface area contributed by atoms with Crippen molar-refractivity contribution in [2.75, 3.05) is 18.4 Å². The Balaban J connectivity index is 2.47. The second kappa shape index (κ2) is 7.24. The summed E-state index contributed by atoms with van der Waals surface area (Å²) in [5, 5.41) is 5.55. The molecule has 0 bridgehead atoms. The molecule has 1 amide bonds. The van der Waals surface area contributed by atoms with Gasteiger partial charge in [0, 0.05) is 10.6 Å². The number of carbonyl (C=O) groups excluding carboxylic acids is 1. The minimum atomic E-state index is -2.43. The third-order valence-corrected chi connectivity index (χ3v) is 2.62. The van der Waals surface area contributed by atoms with E-state index in [9.17, 15) is 13.6 Å². The molecule has 0 saturated heterocycles. The van der Waals surface area contributed by atoms with Crippen LogP contribution in [0.4, 0.5) is 14.5 Å². The predicted octanol–water partition coefficient (Wildman–Crippen LogP) is 2.55. The summed E-state index contributed by atoms with van der Waals surface area (Å²) in [5.74, 6) is -2.58. The molecule has 2 N–H and O–H groups in total. The van der Waals surface area contributed by atoms with Crippen LogP contribution in [0.3, 0.4) is 0 Å². The number of alkyl halides is 2. The van der Waals surface area contributed by atoms with Gasteiger partial charge in [-0.3, -0.25) is 4.79 Å². The van der Waals surface area contributed by atoms with Crippen LogP contribution in [-0.2, 0) is 4.79 Å². The Hall–Kier alpha value is -1.14. The minimum absolute atomic E-state index is 0.152. The summed E-state index contributed by atoms with van der Waals surface area (Å²) in [6.07, 6.45) is 0. The summed E-state index contributed by atoms with van der Waals surface area (Å²) in [7, 11) is 0. The molecule has 0 aromatic heterocycles. The van der Waals surface area contributed by atoms with Crippen LogP contribution in [0.15, 0.2) is 29.2 Å². The number of carbonyl (C=O) groups is 1. The monoisotopic (exact) mass is 260 g/mol. The summed E-state index contributed by atoms with van der Waals surface area (Å²) in [6, 6.07) is 6.32. The van der Waals surface area contributed by atoms with Crippen molar-refractivity contribution >= 4 is 23.4 Å². The summed E-state index contributed by atoms with van der Waals surface area (Å²) in [4.78, 5) is 11.8. The lowest BCUT2D eigenvalue weighted by molar-refractivity contribution is -0.115. The molecule has 0 unspecified atom stereocenters. The van der Waals surface area contributed by atoms with Crippen molar-refractivity contribution in [3.8, 4) is 0 Å². The molecule has 0 heterocycles. The van der Waals surface area contributed by atoms with Crippen molar-refractivity contribution in [3.05, 3.63) is 24.3 Å². The second-order valence-corrected chi connectivity index (χ2v) is 4.29. The minimum Gasteiger partial charge on any atom is -0.325 e. The van der Waals surface area contributed by atoms with Crippen LogP contribution in [0.25, 0.3) is 0 Å². The molecule has 17 heavy (non-hydrogen) atoms. The van der Waals surface area contributed by atoms with Crippen LogP contribution >= 0.6 is 11.8 Å². The molecular weight excluding hydrogens is 246 g/mol. The van der Waals surface area contributed by atoms with E-state index in [1.807, 2.05) is 6.92 Å². The number of benzene rings is 1. The van der Waals surface area contributed by atoms with Gasteiger partial charge in [0.15, 0.2) is 0 Å². The van der Waals surface area contributed by atoms with E-state index in [1.165, 1.54) is 0 Å². The fraction of sp³-hybridized carbons (Fsp3) is 0.364. The zero-order valence-electron chi connectivity index (χ0n) is 9.37. The highest BCUT2D eigenvalue weighted by atomic mass is 32.2. The molecule has 0 spiro atoms. The second-order valence-electron chi connectivity index (χ2n) is 3.23. The Morgan fingerprint density at radius 2 is 2.00 bits per heavy atom. The predicted molar refractivity (Wildman–Crippen MR) is 65.5 cm³/mol. The number of halogens is 2. The molecular formula is C11H14F2N2OS. The van der Waals surface area contributed by atoms with E-state index in [1.54, 1.807) is 24.3 Å². The van der Waals surface area contributed by atoms with Crippen molar-refractivity contribution in [1.29, 1.82) is 0 Å². The first-order chi connectivity index (χ1) is 8.11. The molecule has 0 fully saturated rings. The summed E-state index contributed by atoms with van der Waals surface area (Å²) < 4.78 is 24.1. The molecule has 0 aliphatic rings. The summed E-state index contributed by atoms with van der Waals surface area (Å²) in [5.41, 5.74) is 0.603. The van der Waals surface area contributed by atoms with Crippen LogP contribution < -0.4 is 10.6 Å². The normalized spacial score (nSPS) is 10.6. The first-order valence-corrected chi connectivity index (χ1v) is 6.05. The third-order valence-electron chi connectivity index (χ3n) is 1.90. The number of nitrogens with one attached hydrogen (secondary N) is 2. The highest BCUT2D eigenvalue weighted by Crippen LogP contribution is 2.25. The zero-order valence-corrected chi connectivity index (χ0v) is 10.2. The average Bonchev–Trinajstić information content (AvgIpc) is 2.28. The molecule has 1 rings (SSSR count). The number of hydrogen-bond acceptors (Lipinski definition) is 3. The molecule has 94 valence electrons. The maximum atomic E-state index is 12.1. The van der Waals surface area contributed by atoms with Crippen molar-refractivity contribution in [2.24, 2.45) is 0 Å². The van der Waals surface area contributed by atoms with Crippen molar-refractivity contribution < 1.29 is 13.6 Å². The largest absolute Gasteiger partial charge is 0.325 e. The van der Waals surface area contributed by atoms with Crippen LogP contribution in [-0.4, -0.2) is 24.8 Å². The number of likely N-dealkylation sites (N-methyl/N-ethyl adjacent to an activating group) is 1. The van der Waals surface area contributed by atoms with Gasteiger partial charge in [-0.25, -0.2) is 0 Å². The van der Waals surface area contributed by atoms with E-state index >= 15 is 0 Å². The quantitative estimate of drug-likeness (QED) is 0.772. The third kappa shape index (κ3) is 5.65. The molecule has 1 aromatic carbocycles. The van der Waals surface area contributed by atoms with Crippen LogP contribution in [0.5, 0.6) is 0 Å². The van der Waals surface area contributed by atoms with Crippen LogP contribution in [0.2, 0.25) is 0 Å². The number of amides is 1. The lowest BCUT2D eigenvalue weighted by Gasteiger charge is -2.06. The number of rotatable bonds is 6. The van der Waals surface area contributed by atoms with E-state index in [4.69, 9.17) is 0 Å². The molecule has 6 heteroatoms. The fourth-order valence-electron chi connectivity index (χ4n) is 1.16. The van der Waals surface area contributed by atoms with E-state index in [0.717, 1.165) is 6.54 Å². The lowest BCUT2D eigenvalue weighted by atomic mass is 10.3. The van der Waals surface area contributed by atoms with E-state index in [0.29, 0.717) is 22.3 Å². The van der Waals surface area contributed by atoms with Crippen molar-refractivity contribution in [2.45, 2.75) is 17.6 Å². The highest BCUT2D eigenvalue weighted by Gasteiger charge is 2.05. The molecule has 0 aliphatic carbocycles. The van der Waals surface area contributed by atoms with Gasteiger partial charge in [-0.1, -0.05) is 18.7 Å². The Morgan fingerprint density at radius 3 is 2.53 bits per heavy atom. The Kier molecular flexibility index (Phi) is 5.93. The van der Waals surface area contributed by atoms with Gasteiger partial charge in [-0.05, 0) is 30.8 Å². The van der Waals surface area contributed by atoms with Gasteiger partial charge in [0.05, 0.1) is 6.54 Å². The van der Waals surface area contributed by atoms with Gasteiger partial charge in [0.1, 0.15) is 0 Å². The van der Waals surface area contributed by atoms with Gasteiger partial charge in [-0.2, -0.15) is 8.78 Å². The molecule has 0 saturated carbocycles. The zero-order chi connectivity index (χ0) is 12.7. The molecule has 3 nitrogen and oxygen atoms in total. The smallest absolute Gasteiger partial charge is 0.288 e.